The fraction of sp³-hybridized carbons (Fsp3) is 0.659. The Hall–Kier alpha value is -4.50. The molecule has 2 aromatic rings. The van der Waals surface area contributed by atoms with Gasteiger partial charge in [-0.05, 0) is 78.5 Å². The number of nitrogens with two attached hydrogens (primary N) is 4. The SMILES string of the molecule is CC(C)(C)c1cc(C(C)(C)C)c2[nH]c(C(C)(C)C)c(C[C@H](N)C(=O)N[C@@H](CCCNC(=N)N)C(=O)N(CCCCC[C]=O)C(=O)[C@@H](N)CCCNC(=N)N)c2c1. The number of amides is 3. The molecule has 0 saturated heterocycles. The van der Waals surface area contributed by atoms with Crippen LogP contribution >= 0.6 is 0 Å². The van der Waals surface area contributed by atoms with Crippen molar-refractivity contribution in [2.45, 2.75) is 154 Å². The molecule has 1 aromatic heterocycles. The van der Waals surface area contributed by atoms with E-state index in [1.165, 1.54) is 11.1 Å². The zero-order valence-electron chi connectivity index (χ0n) is 35.3. The summed E-state index contributed by atoms with van der Waals surface area (Å²) in [5.41, 5.74) is 28.5. The first-order valence-electron chi connectivity index (χ1n) is 19.8. The van der Waals surface area contributed by atoms with Crippen molar-refractivity contribution in [3.63, 3.8) is 0 Å². The van der Waals surface area contributed by atoms with Gasteiger partial charge in [-0.2, -0.15) is 0 Å². The van der Waals surface area contributed by atoms with Crippen LogP contribution in [-0.2, 0) is 41.8 Å². The molecule has 0 unspecified atom stereocenters. The number of aromatic nitrogens is 1. The molecular weight excluding hydrogens is 711 g/mol. The number of benzene rings is 1. The van der Waals surface area contributed by atoms with Gasteiger partial charge in [0.2, 0.25) is 11.8 Å². The average Bonchev–Trinajstić information content (AvgIpc) is 3.46. The molecule has 1 aromatic carbocycles. The second kappa shape index (κ2) is 20.6. The van der Waals surface area contributed by atoms with Gasteiger partial charge in [0.05, 0.1) is 12.1 Å². The fourth-order valence-electron chi connectivity index (χ4n) is 6.63. The Bertz CT molecular complexity index is 1680. The first-order chi connectivity index (χ1) is 25.9. The number of nitrogens with one attached hydrogen (secondary N) is 6. The quantitative estimate of drug-likeness (QED) is 0.0532. The van der Waals surface area contributed by atoms with Crippen molar-refractivity contribution in [3.8, 4) is 0 Å². The zero-order valence-corrected chi connectivity index (χ0v) is 35.3. The fourth-order valence-corrected chi connectivity index (χ4v) is 6.63. The highest BCUT2D eigenvalue weighted by Crippen LogP contribution is 2.40. The van der Waals surface area contributed by atoms with Crippen LogP contribution in [0.5, 0.6) is 0 Å². The highest BCUT2D eigenvalue weighted by Gasteiger charge is 2.34. The highest BCUT2D eigenvalue weighted by atomic mass is 16.2. The smallest absolute Gasteiger partial charge is 0.251 e. The van der Waals surface area contributed by atoms with Crippen LogP contribution in [0.25, 0.3) is 10.9 Å². The van der Waals surface area contributed by atoms with Crippen molar-refractivity contribution in [1.29, 1.82) is 10.8 Å². The van der Waals surface area contributed by atoms with E-state index in [0.29, 0.717) is 38.6 Å². The van der Waals surface area contributed by atoms with Crippen molar-refractivity contribution >= 4 is 46.8 Å². The molecule has 0 aliphatic heterocycles. The first kappa shape index (κ1) is 47.7. The van der Waals surface area contributed by atoms with E-state index in [2.05, 4.69) is 95.4 Å². The molecule has 14 N–H and O–H groups in total. The Morgan fingerprint density at radius 2 is 1.38 bits per heavy atom. The van der Waals surface area contributed by atoms with Gasteiger partial charge in [0, 0.05) is 48.1 Å². The summed E-state index contributed by atoms with van der Waals surface area (Å²) in [5, 5.41) is 24.2. The Labute approximate surface area is 333 Å². The van der Waals surface area contributed by atoms with Gasteiger partial charge in [-0.3, -0.25) is 34.9 Å². The minimum absolute atomic E-state index is 0.0382. The monoisotopic (exact) mass is 781 g/mol. The van der Waals surface area contributed by atoms with Crippen LogP contribution in [0, 0.1) is 10.8 Å². The number of unbranched alkanes of at least 4 members (excludes halogenated alkanes) is 3. The van der Waals surface area contributed by atoms with Gasteiger partial charge in [-0.25, -0.2) is 0 Å². The lowest BCUT2D eigenvalue weighted by Gasteiger charge is -2.29. The number of rotatable bonds is 20. The van der Waals surface area contributed by atoms with Crippen molar-refractivity contribution < 1.29 is 19.2 Å². The lowest BCUT2D eigenvalue weighted by atomic mass is 9.78. The molecule has 0 aliphatic carbocycles. The van der Waals surface area contributed by atoms with Gasteiger partial charge in [-0.15, -0.1) is 0 Å². The minimum Gasteiger partial charge on any atom is -0.370 e. The normalized spacial score (nSPS) is 13.8. The van der Waals surface area contributed by atoms with E-state index in [4.69, 9.17) is 33.8 Å². The minimum atomic E-state index is -1.13. The molecule has 0 saturated carbocycles. The summed E-state index contributed by atoms with van der Waals surface area (Å²) in [6, 6.07) is 1.26. The number of hydrogen-bond donors (Lipinski definition) is 10. The predicted octanol–water partition coefficient (Wildman–Crippen LogP) is 3.29. The van der Waals surface area contributed by atoms with Crippen LogP contribution in [0.4, 0.5) is 0 Å². The molecule has 15 heteroatoms. The Kier molecular flexibility index (Phi) is 17.5. The maximum Gasteiger partial charge on any atom is 0.251 e. The molecule has 3 atom stereocenters. The number of carbonyl (C=O) groups is 3. The van der Waals surface area contributed by atoms with Crippen molar-refractivity contribution in [2.75, 3.05) is 19.6 Å². The molecule has 2 rings (SSSR count). The zero-order chi connectivity index (χ0) is 42.6. The Balaban J connectivity index is 2.53. The lowest BCUT2D eigenvalue weighted by molar-refractivity contribution is -0.148. The van der Waals surface area contributed by atoms with Crippen LogP contribution in [-0.4, -0.2) is 83.6 Å². The highest BCUT2D eigenvalue weighted by molar-refractivity contribution is 6.01. The van der Waals surface area contributed by atoms with Crippen molar-refractivity contribution in [3.05, 3.63) is 34.5 Å². The largest absolute Gasteiger partial charge is 0.370 e. The first-order valence-corrected chi connectivity index (χ1v) is 19.8. The van der Waals surface area contributed by atoms with Crippen molar-refractivity contribution in [1.82, 2.24) is 25.8 Å². The van der Waals surface area contributed by atoms with Crippen LogP contribution in [0.2, 0.25) is 0 Å². The summed E-state index contributed by atoms with van der Waals surface area (Å²) in [6.07, 6.45) is 4.96. The molecule has 1 radical (unpaired) electrons. The number of fused-ring (bicyclic) bond motifs is 1. The van der Waals surface area contributed by atoms with Gasteiger partial charge in [0.25, 0.3) is 5.91 Å². The van der Waals surface area contributed by atoms with E-state index in [0.717, 1.165) is 27.1 Å². The van der Waals surface area contributed by atoms with E-state index in [1.54, 1.807) is 0 Å². The summed E-state index contributed by atoms with van der Waals surface area (Å²) in [6.45, 7) is 20.1. The van der Waals surface area contributed by atoms with E-state index < -0.39 is 35.8 Å². The summed E-state index contributed by atoms with van der Waals surface area (Å²) >= 11 is 0. The average molecular weight is 781 g/mol. The third kappa shape index (κ3) is 14.2. The summed E-state index contributed by atoms with van der Waals surface area (Å²) < 4.78 is 0. The molecule has 0 fully saturated rings. The molecule has 3 amide bonds. The Morgan fingerprint density at radius 1 is 0.786 bits per heavy atom. The summed E-state index contributed by atoms with van der Waals surface area (Å²) in [7, 11) is 0. The second-order valence-electron chi connectivity index (χ2n) is 17.9. The van der Waals surface area contributed by atoms with Crippen LogP contribution in [0.15, 0.2) is 12.1 Å². The maximum absolute atomic E-state index is 14.3. The number of aromatic amines is 1. The number of imide groups is 1. The molecule has 313 valence electrons. The molecule has 0 spiro atoms. The molecule has 15 nitrogen and oxygen atoms in total. The van der Waals surface area contributed by atoms with Gasteiger partial charge in [-0.1, -0.05) is 74.8 Å². The topological polar surface area (TPSA) is 275 Å². The van der Waals surface area contributed by atoms with Gasteiger partial charge >= 0.3 is 0 Å². The van der Waals surface area contributed by atoms with Crippen LogP contribution in [0.1, 0.15) is 136 Å². The summed E-state index contributed by atoms with van der Waals surface area (Å²) in [4.78, 5) is 57.8. The van der Waals surface area contributed by atoms with Gasteiger partial charge in [0.15, 0.2) is 18.2 Å². The number of H-pyrrole nitrogens is 1. The standard InChI is InChI=1S/C41H70N11O4/c1-39(2,3)25-22-26-27(33(41(7,8)9)51-32(26)28(23-25)40(4,5)6)24-30(43)34(54)50-31(17-15-19-49-38(46)47)36(56)52(20-12-10-11-13-21-53)35(55)29(42)16-14-18-48-37(44)45/h22-23,29-31,51H,10-20,24,42-43H2,1-9H3,(H,50,54)(H4,44,45,48)(H4,46,47,49)/t29-,30-,31-/m0/s1. The van der Waals surface area contributed by atoms with Crippen LogP contribution in [0.3, 0.4) is 0 Å². The number of carbonyl (C=O) groups excluding carboxylic acids is 4. The number of hydrogen-bond acceptors (Lipinski definition) is 8. The summed E-state index contributed by atoms with van der Waals surface area (Å²) in [5.74, 6) is -2.19. The lowest BCUT2D eigenvalue weighted by Crippen LogP contribution is -2.56. The predicted molar refractivity (Wildman–Crippen MR) is 225 cm³/mol. The third-order valence-corrected chi connectivity index (χ3v) is 9.82. The Morgan fingerprint density at radius 3 is 1.89 bits per heavy atom. The molecule has 1 heterocycles. The third-order valence-electron chi connectivity index (χ3n) is 9.82. The second-order valence-corrected chi connectivity index (χ2v) is 17.9. The van der Waals surface area contributed by atoms with E-state index in [9.17, 15) is 19.2 Å². The molecule has 0 bridgehead atoms. The van der Waals surface area contributed by atoms with Crippen LogP contribution < -0.4 is 38.9 Å². The van der Waals surface area contributed by atoms with E-state index >= 15 is 0 Å². The van der Waals surface area contributed by atoms with E-state index in [1.807, 2.05) is 6.29 Å². The molecule has 0 aliphatic rings. The number of guanidine groups is 2. The molecular formula is C41H70N11O4. The maximum atomic E-state index is 14.3. The van der Waals surface area contributed by atoms with Gasteiger partial charge in [0.1, 0.15) is 6.04 Å². The molecule has 56 heavy (non-hydrogen) atoms. The van der Waals surface area contributed by atoms with Gasteiger partial charge < -0.3 is 43.9 Å². The van der Waals surface area contributed by atoms with E-state index in [-0.39, 0.29) is 66.9 Å². The number of nitrogens with zero attached hydrogens (tertiary/aromatic N) is 1. The van der Waals surface area contributed by atoms with Crippen molar-refractivity contribution in [2.24, 2.45) is 22.9 Å².